The van der Waals surface area contributed by atoms with E-state index in [0.29, 0.717) is 20.6 Å². The first-order chi connectivity index (χ1) is 12.4. The van der Waals surface area contributed by atoms with Gasteiger partial charge < -0.3 is 5.32 Å². The van der Waals surface area contributed by atoms with Crippen molar-refractivity contribution in [3.63, 3.8) is 0 Å². The number of H-pyrrole nitrogens is 1. The summed E-state index contributed by atoms with van der Waals surface area (Å²) in [5, 5.41) is 11.2. The van der Waals surface area contributed by atoms with Crippen molar-refractivity contribution in [2.45, 2.75) is 19.5 Å². The Morgan fingerprint density at radius 2 is 1.96 bits per heavy atom. The van der Waals surface area contributed by atoms with E-state index >= 15 is 0 Å². The molecule has 1 amide bonds. The Hall–Kier alpha value is -2.15. The number of nitrogens with zero attached hydrogens (tertiary/aromatic N) is 2. The Balaban J connectivity index is 1.76. The summed E-state index contributed by atoms with van der Waals surface area (Å²) in [4.78, 5) is 12.5. The number of hydrogen-bond acceptors (Lipinski definition) is 3. The molecule has 0 saturated heterocycles. The van der Waals surface area contributed by atoms with Gasteiger partial charge in [0.05, 0.1) is 6.04 Å². The highest BCUT2D eigenvalue weighted by Crippen LogP contribution is 2.20. The topological polar surface area (TPSA) is 62.7 Å². The smallest absolute Gasteiger partial charge is 0.240 e. The van der Waals surface area contributed by atoms with E-state index in [-0.39, 0.29) is 18.5 Å². The van der Waals surface area contributed by atoms with Gasteiger partial charge in [-0.25, -0.2) is 0 Å². The number of rotatable bonds is 5. The maximum Gasteiger partial charge on any atom is 0.240 e. The summed E-state index contributed by atoms with van der Waals surface area (Å²) in [6, 6.07) is 14.4. The molecule has 0 aliphatic carbocycles. The molecule has 2 aromatic carbocycles. The molecular formula is C18H16Cl2N4OS. The Kier molecular flexibility index (Phi) is 5.76. The maximum atomic E-state index is 12.5. The molecule has 2 N–H and O–H groups in total. The first-order valence-electron chi connectivity index (χ1n) is 7.90. The molecule has 1 atom stereocenters. The molecule has 0 saturated carbocycles. The van der Waals surface area contributed by atoms with E-state index in [1.807, 2.05) is 37.3 Å². The zero-order valence-electron chi connectivity index (χ0n) is 13.9. The molecule has 8 heteroatoms. The molecule has 1 heterocycles. The second-order valence-electron chi connectivity index (χ2n) is 5.79. The molecule has 0 spiro atoms. The molecule has 0 radical (unpaired) electrons. The standard InChI is InChI=1S/C18H16Cl2N4OS/c1-11(13-3-2-4-15(20)9-13)21-16(25)10-24-17(22-23-18(24)26)12-5-7-14(19)8-6-12/h2-9,11H,10H2,1H3,(H,21,25)(H,23,26)/t11-/m0/s1. The normalized spacial score (nSPS) is 12.0. The van der Waals surface area contributed by atoms with Crippen LogP contribution in [0.1, 0.15) is 18.5 Å². The SMILES string of the molecule is C[C@H](NC(=O)Cn1c(-c2ccc(Cl)cc2)n[nH]c1=S)c1cccc(Cl)c1. The van der Waals surface area contributed by atoms with Crippen LogP contribution in [-0.4, -0.2) is 20.7 Å². The number of halogens is 2. The molecular weight excluding hydrogens is 391 g/mol. The van der Waals surface area contributed by atoms with Gasteiger partial charge in [0.1, 0.15) is 6.54 Å². The van der Waals surface area contributed by atoms with Crippen LogP contribution in [0.15, 0.2) is 48.5 Å². The highest BCUT2D eigenvalue weighted by molar-refractivity contribution is 7.71. The first kappa shape index (κ1) is 18.6. The van der Waals surface area contributed by atoms with Crippen LogP contribution >= 0.6 is 35.4 Å². The van der Waals surface area contributed by atoms with Gasteiger partial charge in [0.25, 0.3) is 0 Å². The maximum absolute atomic E-state index is 12.5. The van der Waals surface area contributed by atoms with Crippen LogP contribution in [0.4, 0.5) is 0 Å². The van der Waals surface area contributed by atoms with Crippen molar-refractivity contribution < 1.29 is 4.79 Å². The fourth-order valence-electron chi connectivity index (χ4n) is 2.57. The fourth-order valence-corrected chi connectivity index (χ4v) is 3.10. The lowest BCUT2D eigenvalue weighted by molar-refractivity contribution is -0.122. The van der Waals surface area contributed by atoms with E-state index in [2.05, 4.69) is 15.5 Å². The monoisotopic (exact) mass is 406 g/mol. The lowest BCUT2D eigenvalue weighted by Gasteiger charge is -2.15. The third kappa shape index (κ3) is 4.33. The zero-order valence-corrected chi connectivity index (χ0v) is 16.2. The number of benzene rings is 2. The van der Waals surface area contributed by atoms with Crippen molar-refractivity contribution in [1.29, 1.82) is 0 Å². The van der Waals surface area contributed by atoms with Gasteiger partial charge >= 0.3 is 0 Å². The van der Waals surface area contributed by atoms with Crippen LogP contribution in [0.25, 0.3) is 11.4 Å². The second kappa shape index (κ2) is 8.03. The minimum Gasteiger partial charge on any atom is -0.348 e. The Morgan fingerprint density at radius 1 is 1.23 bits per heavy atom. The molecule has 0 fully saturated rings. The molecule has 0 aliphatic rings. The van der Waals surface area contributed by atoms with Crippen molar-refractivity contribution >= 4 is 41.3 Å². The van der Waals surface area contributed by atoms with Gasteiger partial charge in [-0.15, -0.1) is 0 Å². The molecule has 3 rings (SSSR count). The van der Waals surface area contributed by atoms with Crippen LogP contribution in [0, 0.1) is 4.77 Å². The number of aromatic amines is 1. The molecule has 134 valence electrons. The second-order valence-corrected chi connectivity index (χ2v) is 7.05. The van der Waals surface area contributed by atoms with Crippen LogP contribution < -0.4 is 5.32 Å². The average molecular weight is 407 g/mol. The van der Waals surface area contributed by atoms with Crippen LogP contribution in [-0.2, 0) is 11.3 Å². The molecule has 26 heavy (non-hydrogen) atoms. The van der Waals surface area contributed by atoms with Crippen molar-refractivity contribution in [1.82, 2.24) is 20.1 Å². The van der Waals surface area contributed by atoms with Crippen molar-refractivity contribution in [2.24, 2.45) is 0 Å². The average Bonchev–Trinajstić information content (AvgIpc) is 2.96. The number of carbonyl (C=O) groups excluding carboxylic acids is 1. The minimum atomic E-state index is -0.179. The van der Waals surface area contributed by atoms with E-state index in [4.69, 9.17) is 35.4 Å². The molecule has 5 nitrogen and oxygen atoms in total. The predicted molar refractivity (Wildman–Crippen MR) is 106 cm³/mol. The van der Waals surface area contributed by atoms with E-state index < -0.39 is 0 Å². The number of amides is 1. The van der Waals surface area contributed by atoms with E-state index in [1.54, 1.807) is 22.8 Å². The summed E-state index contributed by atoms with van der Waals surface area (Å²) in [6.45, 7) is 1.95. The highest BCUT2D eigenvalue weighted by atomic mass is 35.5. The van der Waals surface area contributed by atoms with Crippen LogP contribution in [0.2, 0.25) is 10.0 Å². The van der Waals surface area contributed by atoms with Gasteiger partial charge in [-0.1, -0.05) is 35.3 Å². The van der Waals surface area contributed by atoms with Crippen molar-refractivity contribution in [3.8, 4) is 11.4 Å². The number of nitrogens with one attached hydrogen (secondary N) is 2. The van der Waals surface area contributed by atoms with Crippen molar-refractivity contribution in [3.05, 3.63) is 68.9 Å². The van der Waals surface area contributed by atoms with Gasteiger partial charge in [-0.2, -0.15) is 5.10 Å². The number of aromatic nitrogens is 3. The summed E-state index contributed by atoms with van der Waals surface area (Å²) in [5.74, 6) is 0.405. The third-order valence-corrected chi connectivity index (χ3v) is 4.69. The lowest BCUT2D eigenvalue weighted by atomic mass is 10.1. The van der Waals surface area contributed by atoms with Crippen LogP contribution in [0.5, 0.6) is 0 Å². The van der Waals surface area contributed by atoms with Gasteiger partial charge in [0.2, 0.25) is 5.91 Å². The van der Waals surface area contributed by atoms with E-state index in [1.165, 1.54) is 0 Å². The van der Waals surface area contributed by atoms with E-state index in [9.17, 15) is 4.79 Å². The molecule has 0 aliphatic heterocycles. The third-order valence-electron chi connectivity index (χ3n) is 3.89. The first-order valence-corrected chi connectivity index (χ1v) is 9.06. The largest absolute Gasteiger partial charge is 0.348 e. The molecule has 0 unspecified atom stereocenters. The summed E-state index contributed by atoms with van der Waals surface area (Å²) in [6.07, 6.45) is 0. The summed E-state index contributed by atoms with van der Waals surface area (Å²) in [7, 11) is 0. The fraction of sp³-hybridized carbons (Fsp3) is 0.167. The summed E-state index contributed by atoms with van der Waals surface area (Å²) < 4.78 is 2.03. The van der Waals surface area contributed by atoms with E-state index in [0.717, 1.165) is 11.1 Å². The Morgan fingerprint density at radius 3 is 2.65 bits per heavy atom. The number of hydrogen-bond donors (Lipinski definition) is 2. The molecule has 1 aromatic heterocycles. The lowest BCUT2D eigenvalue weighted by Crippen LogP contribution is -2.30. The molecule has 0 bridgehead atoms. The highest BCUT2D eigenvalue weighted by Gasteiger charge is 2.15. The zero-order chi connectivity index (χ0) is 18.7. The van der Waals surface area contributed by atoms with Gasteiger partial charge in [0.15, 0.2) is 10.6 Å². The quantitative estimate of drug-likeness (QED) is 0.598. The van der Waals surface area contributed by atoms with Crippen molar-refractivity contribution in [2.75, 3.05) is 0 Å². The van der Waals surface area contributed by atoms with Crippen LogP contribution in [0.3, 0.4) is 0 Å². The Bertz CT molecular complexity index is 981. The summed E-state index contributed by atoms with van der Waals surface area (Å²) >= 11 is 17.2. The van der Waals surface area contributed by atoms with Gasteiger partial charge in [-0.05, 0) is 61.1 Å². The number of carbonyl (C=O) groups is 1. The van der Waals surface area contributed by atoms with Gasteiger partial charge in [0, 0.05) is 15.6 Å². The molecule has 3 aromatic rings. The Labute approximate surface area is 166 Å². The minimum absolute atomic E-state index is 0.0538. The van der Waals surface area contributed by atoms with Gasteiger partial charge in [-0.3, -0.25) is 14.5 Å². The predicted octanol–water partition coefficient (Wildman–Crippen LogP) is 4.79. The summed E-state index contributed by atoms with van der Waals surface area (Å²) in [5.41, 5.74) is 1.75.